The van der Waals surface area contributed by atoms with Crippen molar-refractivity contribution in [1.82, 2.24) is 9.80 Å². The Morgan fingerprint density at radius 3 is 2.62 bits per heavy atom. The SMILES string of the molecule is Fc1cc2c(c(CN3CCN(Cc4cccs4)CC3)c1)OCOC2. The van der Waals surface area contributed by atoms with Gasteiger partial charge in [0.2, 0.25) is 0 Å². The van der Waals surface area contributed by atoms with Gasteiger partial charge in [0, 0.05) is 55.3 Å². The minimum atomic E-state index is -0.214. The van der Waals surface area contributed by atoms with Crippen molar-refractivity contribution in [2.45, 2.75) is 19.7 Å². The van der Waals surface area contributed by atoms with E-state index in [0.717, 1.165) is 56.1 Å². The van der Waals surface area contributed by atoms with E-state index in [1.165, 1.54) is 10.9 Å². The van der Waals surface area contributed by atoms with E-state index in [4.69, 9.17) is 9.47 Å². The number of fused-ring (bicyclic) bond motifs is 1. The Morgan fingerprint density at radius 1 is 1.08 bits per heavy atom. The van der Waals surface area contributed by atoms with Gasteiger partial charge in [-0.05, 0) is 23.6 Å². The highest BCUT2D eigenvalue weighted by molar-refractivity contribution is 7.09. The third-order valence-electron chi connectivity index (χ3n) is 4.57. The fourth-order valence-electron chi connectivity index (χ4n) is 3.34. The van der Waals surface area contributed by atoms with Crippen LogP contribution >= 0.6 is 11.3 Å². The molecule has 3 heterocycles. The fourth-order valence-corrected chi connectivity index (χ4v) is 4.09. The molecule has 4 nitrogen and oxygen atoms in total. The molecule has 2 aliphatic heterocycles. The van der Waals surface area contributed by atoms with Gasteiger partial charge in [0.25, 0.3) is 0 Å². The maximum atomic E-state index is 13.8. The second kappa shape index (κ2) is 7.19. The van der Waals surface area contributed by atoms with Gasteiger partial charge < -0.3 is 9.47 Å². The molecule has 0 spiro atoms. The molecule has 0 radical (unpaired) electrons. The number of benzene rings is 1. The van der Waals surface area contributed by atoms with E-state index < -0.39 is 0 Å². The van der Waals surface area contributed by atoms with Gasteiger partial charge in [-0.25, -0.2) is 4.39 Å². The average Bonchev–Trinajstić information content (AvgIpc) is 3.09. The van der Waals surface area contributed by atoms with Crippen LogP contribution in [0.25, 0.3) is 0 Å². The Bertz CT molecular complexity index is 685. The quantitative estimate of drug-likeness (QED) is 0.848. The maximum absolute atomic E-state index is 13.8. The normalized spacial score (nSPS) is 19.0. The van der Waals surface area contributed by atoms with Crippen LogP contribution in [0.1, 0.15) is 16.0 Å². The molecule has 1 aromatic heterocycles. The lowest BCUT2D eigenvalue weighted by Crippen LogP contribution is -2.45. The molecule has 0 atom stereocenters. The lowest BCUT2D eigenvalue weighted by molar-refractivity contribution is -0.0179. The molecular formula is C18H21FN2O2S. The zero-order valence-corrected chi connectivity index (χ0v) is 14.4. The first-order chi connectivity index (χ1) is 11.8. The highest BCUT2D eigenvalue weighted by atomic mass is 32.1. The van der Waals surface area contributed by atoms with Gasteiger partial charge in [0.05, 0.1) is 6.61 Å². The number of nitrogens with zero attached hydrogens (tertiary/aromatic N) is 2. The summed E-state index contributed by atoms with van der Waals surface area (Å²) in [7, 11) is 0. The molecule has 24 heavy (non-hydrogen) atoms. The molecule has 2 aromatic rings. The molecule has 2 aliphatic rings. The Kier molecular flexibility index (Phi) is 4.80. The largest absolute Gasteiger partial charge is 0.467 e. The van der Waals surface area contributed by atoms with Crippen molar-refractivity contribution >= 4 is 11.3 Å². The number of rotatable bonds is 4. The molecule has 0 bridgehead atoms. The molecule has 0 amide bonds. The first kappa shape index (κ1) is 16.0. The van der Waals surface area contributed by atoms with Crippen LogP contribution in [-0.4, -0.2) is 42.8 Å². The number of thiophene rings is 1. The van der Waals surface area contributed by atoms with E-state index in [9.17, 15) is 4.39 Å². The average molecular weight is 348 g/mol. The van der Waals surface area contributed by atoms with Crippen molar-refractivity contribution in [2.75, 3.05) is 33.0 Å². The van der Waals surface area contributed by atoms with E-state index in [0.29, 0.717) is 6.61 Å². The molecule has 0 saturated carbocycles. The van der Waals surface area contributed by atoms with E-state index in [1.54, 1.807) is 6.07 Å². The minimum Gasteiger partial charge on any atom is -0.467 e. The molecule has 0 unspecified atom stereocenters. The third kappa shape index (κ3) is 3.62. The summed E-state index contributed by atoms with van der Waals surface area (Å²) >= 11 is 1.81. The van der Waals surface area contributed by atoms with Gasteiger partial charge >= 0.3 is 0 Å². The first-order valence-electron chi connectivity index (χ1n) is 8.27. The van der Waals surface area contributed by atoms with Gasteiger partial charge in [0.1, 0.15) is 11.6 Å². The summed E-state index contributed by atoms with van der Waals surface area (Å²) in [6, 6.07) is 7.40. The topological polar surface area (TPSA) is 24.9 Å². The molecule has 128 valence electrons. The second-order valence-corrected chi connectivity index (χ2v) is 7.33. The first-order valence-corrected chi connectivity index (χ1v) is 9.15. The smallest absolute Gasteiger partial charge is 0.189 e. The van der Waals surface area contributed by atoms with Gasteiger partial charge in [-0.2, -0.15) is 0 Å². The van der Waals surface area contributed by atoms with Gasteiger partial charge in [0.15, 0.2) is 6.79 Å². The highest BCUT2D eigenvalue weighted by Crippen LogP contribution is 2.30. The van der Waals surface area contributed by atoms with Crippen LogP contribution in [0, 0.1) is 5.82 Å². The lowest BCUT2D eigenvalue weighted by atomic mass is 10.1. The van der Waals surface area contributed by atoms with Gasteiger partial charge in [-0.1, -0.05) is 6.07 Å². The van der Waals surface area contributed by atoms with Crippen LogP contribution in [0.3, 0.4) is 0 Å². The van der Waals surface area contributed by atoms with Crippen molar-refractivity contribution in [2.24, 2.45) is 0 Å². The van der Waals surface area contributed by atoms with Crippen LogP contribution in [0.2, 0.25) is 0 Å². The monoisotopic (exact) mass is 348 g/mol. The summed E-state index contributed by atoms with van der Waals surface area (Å²) in [6.07, 6.45) is 0. The molecule has 1 fully saturated rings. The molecule has 1 aromatic carbocycles. The molecule has 0 aliphatic carbocycles. The Hall–Kier alpha value is -1.47. The summed E-state index contributed by atoms with van der Waals surface area (Å²) in [5.74, 6) is 0.595. The number of piperazine rings is 1. The maximum Gasteiger partial charge on any atom is 0.189 e. The van der Waals surface area contributed by atoms with Crippen LogP contribution in [-0.2, 0) is 24.4 Å². The second-order valence-electron chi connectivity index (χ2n) is 6.30. The number of ether oxygens (including phenoxy) is 2. The number of hydrogen-bond donors (Lipinski definition) is 0. The minimum absolute atomic E-state index is 0.214. The number of hydrogen-bond acceptors (Lipinski definition) is 5. The zero-order chi connectivity index (χ0) is 16.4. The highest BCUT2D eigenvalue weighted by Gasteiger charge is 2.22. The van der Waals surface area contributed by atoms with E-state index in [-0.39, 0.29) is 12.6 Å². The van der Waals surface area contributed by atoms with Crippen molar-refractivity contribution in [3.05, 3.63) is 51.5 Å². The predicted molar refractivity (Wildman–Crippen MR) is 91.6 cm³/mol. The lowest BCUT2D eigenvalue weighted by Gasteiger charge is -2.35. The molecule has 1 saturated heterocycles. The Balaban J connectivity index is 1.38. The molecule has 4 rings (SSSR count). The van der Waals surface area contributed by atoms with E-state index in [1.807, 2.05) is 11.3 Å². The Morgan fingerprint density at radius 2 is 1.88 bits per heavy atom. The van der Waals surface area contributed by atoms with Crippen molar-refractivity contribution < 1.29 is 13.9 Å². The van der Waals surface area contributed by atoms with Crippen molar-refractivity contribution in [3.8, 4) is 5.75 Å². The number of halogens is 1. The molecule has 0 N–H and O–H groups in total. The third-order valence-corrected chi connectivity index (χ3v) is 5.43. The standard InChI is InChI=1S/C18H21FN2O2S/c19-16-8-14(18-15(9-16)12-22-13-23-18)10-20-3-5-21(6-4-20)11-17-2-1-7-24-17/h1-2,7-9H,3-6,10-13H2. The van der Waals surface area contributed by atoms with Crippen molar-refractivity contribution in [3.63, 3.8) is 0 Å². The van der Waals surface area contributed by atoms with Crippen LogP contribution in [0.4, 0.5) is 4.39 Å². The van der Waals surface area contributed by atoms with Crippen LogP contribution in [0.15, 0.2) is 29.6 Å². The fraction of sp³-hybridized carbons (Fsp3) is 0.444. The summed E-state index contributed by atoms with van der Waals surface area (Å²) < 4.78 is 24.7. The Labute approximate surface area is 145 Å². The van der Waals surface area contributed by atoms with Crippen molar-refractivity contribution in [1.29, 1.82) is 0 Å². The molecular weight excluding hydrogens is 327 g/mol. The summed E-state index contributed by atoms with van der Waals surface area (Å²) in [5.41, 5.74) is 1.74. The summed E-state index contributed by atoms with van der Waals surface area (Å²) in [6.45, 7) is 6.50. The van der Waals surface area contributed by atoms with Crippen LogP contribution in [0.5, 0.6) is 5.75 Å². The predicted octanol–water partition coefficient (Wildman–Crippen LogP) is 3.07. The van der Waals surface area contributed by atoms with Gasteiger partial charge in [-0.15, -0.1) is 11.3 Å². The van der Waals surface area contributed by atoms with Crippen LogP contribution < -0.4 is 4.74 Å². The van der Waals surface area contributed by atoms with E-state index in [2.05, 4.69) is 27.3 Å². The summed E-state index contributed by atoms with van der Waals surface area (Å²) in [5, 5.41) is 2.13. The molecule has 6 heteroatoms. The van der Waals surface area contributed by atoms with E-state index >= 15 is 0 Å². The summed E-state index contributed by atoms with van der Waals surface area (Å²) in [4.78, 5) is 6.27. The van der Waals surface area contributed by atoms with Gasteiger partial charge in [-0.3, -0.25) is 9.80 Å². The zero-order valence-electron chi connectivity index (χ0n) is 13.5.